The minimum atomic E-state index is 0.489. The van der Waals surface area contributed by atoms with Crippen LogP contribution in [-0.4, -0.2) is 10.1 Å². The lowest BCUT2D eigenvalue weighted by atomic mass is 10.2. The Labute approximate surface area is 123 Å². The van der Waals surface area contributed by atoms with E-state index >= 15 is 0 Å². The number of pyridine rings is 1. The van der Waals surface area contributed by atoms with E-state index < -0.39 is 0 Å². The molecule has 0 aliphatic rings. The van der Waals surface area contributed by atoms with E-state index in [1.807, 2.05) is 44.2 Å². The van der Waals surface area contributed by atoms with E-state index in [-0.39, 0.29) is 0 Å². The summed E-state index contributed by atoms with van der Waals surface area (Å²) in [6, 6.07) is 9.50. The zero-order valence-electron chi connectivity index (χ0n) is 10.7. The average molecular weight is 292 g/mol. The first-order valence-corrected chi connectivity index (χ1v) is 6.60. The molecule has 2 aromatic rings. The molecular formula is C14H14ClN3S. The molecular weight excluding hydrogens is 278 g/mol. The van der Waals surface area contributed by atoms with Gasteiger partial charge in [0.1, 0.15) is 5.82 Å². The Hall–Kier alpha value is -1.65. The molecule has 0 radical (unpaired) electrons. The molecule has 0 spiro atoms. The quantitative estimate of drug-likeness (QED) is 0.815. The van der Waals surface area contributed by atoms with Gasteiger partial charge in [0, 0.05) is 16.9 Å². The van der Waals surface area contributed by atoms with Gasteiger partial charge >= 0.3 is 0 Å². The highest BCUT2D eigenvalue weighted by Gasteiger charge is 2.03. The zero-order chi connectivity index (χ0) is 13.8. The van der Waals surface area contributed by atoms with Crippen LogP contribution in [0.5, 0.6) is 0 Å². The Morgan fingerprint density at radius 2 is 1.95 bits per heavy atom. The lowest BCUT2D eigenvalue weighted by Crippen LogP contribution is -2.20. The van der Waals surface area contributed by atoms with Crippen LogP contribution in [0.3, 0.4) is 0 Å². The van der Waals surface area contributed by atoms with E-state index in [1.54, 1.807) is 6.20 Å². The van der Waals surface area contributed by atoms with Gasteiger partial charge in [0.15, 0.2) is 5.11 Å². The van der Waals surface area contributed by atoms with Crippen molar-refractivity contribution in [1.29, 1.82) is 0 Å². The van der Waals surface area contributed by atoms with Crippen molar-refractivity contribution in [2.24, 2.45) is 0 Å². The number of hydrogen-bond acceptors (Lipinski definition) is 2. The van der Waals surface area contributed by atoms with Crippen molar-refractivity contribution in [3.05, 3.63) is 52.7 Å². The third kappa shape index (κ3) is 3.91. The van der Waals surface area contributed by atoms with E-state index in [2.05, 4.69) is 15.6 Å². The predicted octanol–water partition coefficient (Wildman–Crippen LogP) is 4.16. The summed E-state index contributed by atoms with van der Waals surface area (Å²) in [6.45, 7) is 4.00. The average Bonchev–Trinajstić information content (AvgIpc) is 2.34. The monoisotopic (exact) mass is 291 g/mol. The van der Waals surface area contributed by atoms with Crippen LogP contribution in [0.4, 0.5) is 11.5 Å². The van der Waals surface area contributed by atoms with Gasteiger partial charge in [-0.05, 0) is 61.5 Å². The molecule has 0 aliphatic heterocycles. The number of rotatable bonds is 2. The number of aromatic nitrogens is 1. The van der Waals surface area contributed by atoms with Gasteiger partial charge in [-0.2, -0.15) is 0 Å². The van der Waals surface area contributed by atoms with Crippen LogP contribution in [0.2, 0.25) is 5.02 Å². The third-order valence-electron chi connectivity index (χ3n) is 2.60. The largest absolute Gasteiger partial charge is 0.332 e. The Kier molecular flexibility index (Phi) is 4.35. The second kappa shape index (κ2) is 5.99. The zero-order valence-corrected chi connectivity index (χ0v) is 12.3. The highest BCUT2D eigenvalue weighted by molar-refractivity contribution is 7.80. The van der Waals surface area contributed by atoms with Crippen LogP contribution in [0, 0.1) is 13.8 Å². The summed E-state index contributed by atoms with van der Waals surface area (Å²) in [4.78, 5) is 4.20. The van der Waals surface area contributed by atoms with E-state index in [0.717, 1.165) is 22.6 Å². The first kappa shape index (κ1) is 13.8. The lowest BCUT2D eigenvalue weighted by Gasteiger charge is -2.12. The summed E-state index contributed by atoms with van der Waals surface area (Å²) in [5.41, 5.74) is 3.09. The van der Waals surface area contributed by atoms with Crippen LogP contribution in [0.25, 0.3) is 0 Å². The van der Waals surface area contributed by atoms with Crippen LogP contribution in [0.1, 0.15) is 11.1 Å². The third-order valence-corrected chi connectivity index (χ3v) is 3.04. The molecule has 2 N–H and O–H groups in total. The van der Waals surface area contributed by atoms with Gasteiger partial charge in [-0.25, -0.2) is 4.98 Å². The van der Waals surface area contributed by atoms with Gasteiger partial charge in [-0.1, -0.05) is 17.7 Å². The highest BCUT2D eigenvalue weighted by Crippen LogP contribution is 2.20. The fourth-order valence-electron chi connectivity index (χ4n) is 1.60. The standard InChI is InChI=1S/C14H14ClN3S/c1-9-5-6-16-13(7-9)18-14(19)17-12-8-11(15)4-3-10(12)2/h3-8H,1-2H3,(H2,16,17,18,19). The summed E-state index contributed by atoms with van der Waals surface area (Å²) in [5.74, 6) is 0.720. The normalized spacial score (nSPS) is 10.1. The number of thiocarbonyl (C=S) groups is 1. The molecule has 2 rings (SSSR count). The number of nitrogens with zero attached hydrogens (tertiary/aromatic N) is 1. The number of anilines is 2. The van der Waals surface area contributed by atoms with Gasteiger partial charge in [0.05, 0.1) is 0 Å². The molecule has 0 saturated carbocycles. The van der Waals surface area contributed by atoms with E-state index in [9.17, 15) is 0 Å². The molecule has 0 fully saturated rings. The predicted molar refractivity (Wildman–Crippen MR) is 85.0 cm³/mol. The molecule has 19 heavy (non-hydrogen) atoms. The van der Waals surface area contributed by atoms with Crippen LogP contribution < -0.4 is 10.6 Å². The van der Waals surface area contributed by atoms with Gasteiger partial charge in [-0.3, -0.25) is 0 Å². The summed E-state index contributed by atoms with van der Waals surface area (Å²) in [7, 11) is 0. The smallest absolute Gasteiger partial charge is 0.176 e. The van der Waals surface area contributed by atoms with Crippen molar-refractivity contribution < 1.29 is 0 Å². The van der Waals surface area contributed by atoms with Crippen molar-refractivity contribution in [3.63, 3.8) is 0 Å². The fourth-order valence-corrected chi connectivity index (χ4v) is 1.99. The maximum atomic E-state index is 5.97. The fraction of sp³-hybridized carbons (Fsp3) is 0.143. The Morgan fingerprint density at radius 3 is 2.68 bits per heavy atom. The summed E-state index contributed by atoms with van der Waals surface area (Å²) in [5, 5.41) is 7.32. The molecule has 1 aromatic carbocycles. The summed E-state index contributed by atoms with van der Waals surface area (Å²) in [6.07, 6.45) is 1.74. The summed E-state index contributed by atoms with van der Waals surface area (Å²) >= 11 is 11.2. The molecule has 3 nitrogen and oxygen atoms in total. The molecule has 0 bridgehead atoms. The molecule has 0 unspecified atom stereocenters. The number of hydrogen-bond donors (Lipinski definition) is 2. The Bertz CT molecular complexity index is 613. The van der Waals surface area contributed by atoms with Gasteiger partial charge in [0.2, 0.25) is 0 Å². The maximum Gasteiger partial charge on any atom is 0.176 e. The van der Waals surface area contributed by atoms with Crippen molar-refractivity contribution in [1.82, 2.24) is 4.98 Å². The van der Waals surface area contributed by atoms with Gasteiger partial charge in [0.25, 0.3) is 0 Å². The highest BCUT2D eigenvalue weighted by atomic mass is 35.5. The molecule has 0 atom stereocenters. The maximum absolute atomic E-state index is 5.97. The second-order valence-electron chi connectivity index (χ2n) is 4.26. The topological polar surface area (TPSA) is 37.0 Å². The van der Waals surface area contributed by atoms with E-state index in [0.29, 0.717) is 10.1 Å². The first-order chi connectivity index (χ1) is 9.04. The van der Waals surface area contributed by atoms with Crippen LogP contribution >= 0.6 is 23.8 Å². The van der Waals surface area contributed by atoms with Crippen LogP contribution in [0.15, 0.2) is 36.5 Å². The number of aryl methyl sites for hydroxylation is 2. The molecule has 0 saturated heterocycles. The number of halogens is 1. The molecule has 1 aromatic heterocycles. The number of nitrogens with one attached hydrogen (secondary N) is 2. The molecule has 5 heteroatoms. The molecule has 0 aliphatic carbocycles. The minimum Gasteiger partial charge on any atom is -0.332 e. The van der Waals surface area contributed by atoms with Gasteiger partial charge in [-0.15, -0.1) is 0 Å². The lowest BCUT2D eigenvalue weighted by molar-refractivity contribution is 1.28. The van der Waals surface area contributed by atoms with Crippen molar-refractivity contribution in [2.75, 3.05) is 10.6 Å². The van der Waals surface area contributed by atoms with Gasteiger partial charge < -0.3 is 10.6 Å². The SMILES string of the molecule is Cc1ccnc(NC(=S)Nc2cc(Cl)ccc2C)c1. The van der Waals surface area contributed by atoms with Crippen molar-refractivity contribution in [3.8, 4) is 0 Å². The molecule has 98 valence electrons. The number of benzene rings is 1. The van der Waals surface area contributed by atoms with Crippen LogP contribution in [-0.2, 0) is 0 Å². The Balaban J connectivity index is 2.07. The Morgan fingerprint density at radius 1 is 1.16 bits per heavy atom. The summed E-state index contributed by atoms with van der Waals surface area (Å²) < 4.78 is 0. The molecule has 0 amide bonds. The minimum absolute atomic E-state index is 0.489. The molecule has 1 heterocycles. The second-order valence-corrected chi connectivity index (χ2v) is 5.10. The van der Waals surface area contributed by atoms with E-state index in [4.69, 9.17) is 23.8 Å². The van der Waals surface area contributed by atoms with Crippen molar-refractivity contribution >= 4 is 40.4 Å². The van der Waals surface area contributed by atoms with Crippen molar-refractivity contribution in [2.45, 2.75) is 13.8 Å². The van der Waals surface area contributed by atoms with E-state index in [1.165, 1.54) is 0 Å². The first-order valence-electron chi connectivity index (χ1n) is 5.81.